The van der Waals surface area contributed by atoms with Gasteiger partial charge in [-0.15, -0.1) is 0 Å². The summed E-state index contributed by atoms with van der Waals surface area (Å²) >= 11 is 0. The molecule has 0 heterocycles. The first kappa shape index (κ1) is 66.6. The standard InChI is InChI=1S/2Fe.3H2O4S.5H2O/c;;3*1-5(2,3)4;;;;;/h;;3*(H2,1,2,3,4);5*1H2/q2*+3;;;;;;;;/p-6. The molecule has 0 rings (SSSR count). The van der Waals surface area contributed by atoms with E-state index in [9.17, 15) is 0 Å². The van der Waals surface area contributed by atoms with Crippen molar-refractivity contribution < 1.29 is 114 Å². The molecule has 2 radical (unpaired) electrons. The van der Waals surface area contributed by atoms with Gasteiger partial charge in [0.1, 0.15) is 0 Å². The van der Waals surface area contributed by atoms with Gasteiger partial charge in [-0.1, -0.05) is 0 Å². The molecular formula is H10Fe2O17S3. The predicted molar refractivity (Wildman–Crippen MR) is 49.5 cm³/mol. The molecule has 0 amide bonds. The van der Waals surface area contributed by atoms with Gasteiger partial charge in [-0.3, -0.25) is 25.3 Å². The molecule has 0 spiro atoms. The fourth-order valence-electron chi connectivity index (χ4n) is 0. The molecule has 0 aromatic rings. The van der Waals surface area contributed by atoms with Crippen LogP contribution in [0.25, 0.3) is 0 Å². The molecule has 22 heteroatoms. The van der Waals surface area contributed by atoms with Crippen molar-refractivity contribution >= 4 is 31.2 Å². The number of rotatable bonds is 0. The van der Waals surface area contributed by atoms with Crippen LogP contribution < -0.4 is 0 Å². The van der Waals surface area contributed by atoms with Crippen molar-refractivity contribution in [2.45, 2.75) is 0 Å². The zero-order valence-electron chi connectivity index (χ0n) is 9.33. The third kappa shape index (κ3) is 38400. The van der Waals surface area contributed by atoms with Crippen LogP contribution in [0.5, 0.6) is 0 Å². The van der Waals surface area contributed by atoms with E-state index in [4.69, 9.17) is 52.6 Å². The van der Waals surface area contributed by atoms with Crippen molar-refractivity contribution in [3.05, 3.63) is 0 Å². The van der Waals surface area contributed by atoms with Gasteiger partial charge in [0.05, 0.1) is 0 Å². The molecule has 0 saturated carbocycles. The molecule has 0 aliphatic heterocycles. The third-order valence-corrected chi connectivity index (χ3v) is 0. The smallest absolute Gasteiger partial charge is 0.759 e. The summed E-state index contributed by atoms with van der Waals surface area (Å²) in [6.07, 6.45) is 0. The van der Waals surface area contributed by atoms with Crippen molar-refractivity contribution in [2.75, 3.05) is 0 Å². The topological polar surface area (TPSA) is 398 Å². The molecule has 0 unspecified atom stereocenters. The van der Waals surface area contributed by atoms with Gasteiger partial charge in [-0.05, 0) is 0 Å². The Morgan fingerprint density at radius 1 is 0.364 bits per heavy atom. The number of hydrogen-bond donors (Lipinski definition) is 0. The minimum absolute atomic E-state index is 0. The summed E-state index contributed by atoms with van der Waals surface area (Å²) in [5.74, 6) is 0. The average molecular weight is 490 g/mol. The Kier molecular flexibility index (Phi) is 79.8. The van der Waals surface area contributed by atoms with Gasteiger partial charge in [-0.2, -0.15) is 0 Å². The Balaban J connectivity index is -0.0000000106. The second kappa shape index (κ2) is 26.4. The van der Waals surface area contributed by atoms with Gasteiger partial charge >= 0.3 is 34.1 Å². The average Bonchev–Trinajstić information content (AvgIpc) is 1.41. The monoisotopic (exact) mass is 490 g/mol. The van der Waals surface area contributed by atoms with Gasteiger partial charge in [0.25, 0.3) is 0 Å². The second-order valence-corrected chi connectivity index (χ2v) is 3.67. The van der Waals surface area contributed by atoms with Crippen molar-refractivity contribution in [3.8, 4) is 0 Å². The first-order valence-electron chi connectivity index (χ1n) is 2.00. The Morgan fingerprint density at radius 2 is 0.364 bits per heavy atom. The van der Waals surface area contributed by atoms with E-state index in [0.29, 0.717) is 0 Å². The summed E-state index contributed by atoms with van der Waals surface area (Å²) in [7, 11) is -15.5. The van der Waals surface area contributed by atoms with Gasteiger partial charge in [0, 0.05) is 31.2 Å². The van der Waals surface area contributed by atoms with Crippen molar-refractivity contribution in [1.29, 1.82) is 0 Å². The summed E-state index contributed by atoms with van der Waals surface area (Å²) in [6, 6.07) is 0. The molecule has 0 fully saturated rings. The van der Waals surface area contributed by atoms with Gasteiger partial charge in [0.2, 0.25) is 0 Å². The van der Waals surface area contributed by atoms with E-state index in [2.05, 4.69) is 0 Å². The molecule has 17 nitrogen and oxygen atoms in total. The molecular weight excluding hydrogens is 480 g/mol. The fourth-order valence-corrected chi connectivity index (χ4v) is 0. The summed E-state index contributed by atoms with van der Waals surface area (Å²) in [4.78, 5) is 0. The SMILES string of the molecule is O.O.O.O.O.O=S(=O)([O-])[O-].O=S(=O)([O-])[O-].O=S(=O)([O-])[O-].[Fe+3].[Fe+3]. The van der Waals surface area contributed by atoms with E-state index >= 15 is 0 Å². The van der Waals surface area contributed by atoms with Crippen LogP contribution >= 0.6 is 0 Å². The summed E-state index contributed by atoms with van der Waals surface area (Å²) in [6.45, 7) is 0. The molecule has 0 bridgehead atoms. The van der Waals surface area contributed by atoms with E-state index < -0.39 is 31.2 Å². The van der Waals surface area contributed by atoms with Crippen molar-refractivity contribution in [1.82, 2.24) is 0 Å². The maximum atomic E-state index is 8.52. The van der Waals surface area contributed by atoms with Gasteiger partial charge in [0.15, 0.2) is 0 Å². The van der Waals surface area contributed by atoms with Crippen LogP contribution in [0.3, 0.4) is 0 Å². The van der Waals surface area contributed by atoms with Gasteiger partial charge < -0.3 is 54.7 Å². The van der Waals surface area contributed by atoms with E-state index in [0.717, 1.165) is 0 Å². The molecule has 10 N–H and O–H groups in total. The van der Waals surface area contributed by atoms with E-state index in [1.54, 1.807) is 0 Å². The Bertz CT molecular complexity index is 343. The van der Waals surface area contributed by atoms with Crippen LogP contribution in [-0.4, -0.2) is 80.0 Å². The summed E-state index contributed by atoms with van der Waals surface area (Å²) in [5.41, 5.74) is 0. The van der Waals surface area contributed by atoms with Gasteiger partial charge in [-0.25, -0.2) is 0 Å². The third-order valence-electron chi connectivity index (χ3n) is 0. The molecule has 146 valence electrons. The van der Waals surface area contributed by atoms with Crippen LogP contribution in [0.15, 0.2) is 0 Å². The molecule has 0 aliphatic carbocycles. The normalized spacial score (nSPS) is 7.91. The van der Waals surface area contributed by atoms with Crippen LogP contribution in [0, 0.1) is 0 Å². The fraction of sp³-hybridized carbons (Fsp3) is 0. The second-order valence-electron chi connectivity index (χ2n) is 1.22. The predicted octanol–water partition coefficient (Wildman–Crippen LogP) is -8.14. The van der Waals surface area contributed by atoms with Crippen molar-refractivity contribution in [2.24, 2.45) is 0 Å². The largest absolute Gasteiger partial charge is 3.00 e. The molecule has 0 saturated heterocycles. The van der Waals surface area contributed by atoms with Crippen molar-refractivity contribution in [3.63, 3.8) is 0 Å². The Morgan fingerprint density at radius 3 is 0.364 bits per heavy atom. The molecule has 0 aromatic heterocycles. The first-order chi connectivity index (χ1) is 6.00. The quantitative estimate of drug-likeness (QED) is 0.173. The molecule has 0 aromatic carbocycles. The molecule has 22 heavy (non-hydrogen) atoms. The molecule has 0 aliphatic rings. The maximum absolute atomic E-state index is 8.52. The Hall–Kier alpha value is 0.449. The zero-order chi connectivity index (χ0) is 13.5. The minimum atomic E-state index is -5.17. The van der Waals surface area contributed by atoms with Crippen LogP contribution in [-0.2, 0) is 65.3 Å². The zero-order valence-corrected chi connectivity index (χ0v) is 14.0. The summed E-state index contributed by atoms with van der Waals surface area (Å²) in [5, 5.41) is 0. The maximum Gasteiger partial charge on any atom is 3.00 e. The summed E-state index contributed by atoms with van der Waals surface area (Å²) < 4.78 is 102. The van der Waals surface area contributed by atoms with E-state index in [-0.39, 0.29) is 61.5 Å². The minimum Gasteiger partial charge on any atom is -0.759 e. The van der Waals surface area contributed by atoms with E-state index in [1.807, 2.05) is 0 Å². The van der Waals surface area contributed by atoms with Crippen LogP contribution in [0.2, 0.25) is 0 Å². The van der Waals surface area contributed by atoms with E-state index in [1.165, 1.54) is 0 Å². The van der Waals surface area contributed by atoms with Crippen LogP contribution in [0.4, 0.5) is 0 Å². The number of hydrogen-bond acceptors (Lipinski definition) is 12. The Labute approximate surface area is 145 Å². The van der Waals surface area contributed by atoms with Crippen LogP contribution in [0.1, 0.15) is 0 Å². The molecule has 0 atom stereocenters. The first-order valence-corrected chi connectivity index (χ1v) is 6.00.